The van der Waals surface area contributed by atoms with Crippen LogP contribution in [0, 0.1) is 0 Å². The molecule has 31 heavy (non-hydrogen) atoms. The third kappa shape index (κ3) is 4.94. The van der Waals surface area contributed by atoms with Crippen molar-refractivity contribution >= 4 is 23.4 Å². The molecule has 1 fully saturated rings. The van der Waals surface area contributed by atoms with Gasteiger partial charge in [-0.2, -0.15) is 0 Å². The fourth-order valence-corrected chi connectivity index (χ4v) is 3.73. The number of benzene rings is 2. The molecule has 7 heteroatoms. The molecule has 0 aromatic heterocycles. The summed E-state index contributed by atoms with van der Waals surface area (Å²) in [6.45, 7) is 0.295. The molecule has 3 rings (SSSR count). The van der Waals surface area contributed by atoms with Crippen molar-refractivity contribution in [2.24, 2.45) is 0 Å². The van der Waals surface area contributed by atoms with E-state index in [2.05, 4.69) is 0 Å². The third-order valence-corrected chi connectivity index (χ3v) is 5.31. The molecule has 2 aromatic carbocycles. The number of carbonyl (C=O) groups is 3. The summed E-state index contributed by atoms with van der Waals surface area (Å²) in [6, 6.07) is 15.0. The number of hydrogen-bond acceptors (Lipinski definition) is 5. The van der Waals surface area contributed by atoms with Gasteiger partial charge in [-0.15, -0.1) is 0 Å². The van der Waals surface area contributed by atoms with Crippen molar-refractivity contribution in [3.05, 3.63) is 71.3 Å². The number of rotatable bonds is 9. The number of ketones is 1. The Labute approximate surface area is 180 Å². The Morgan fingerprint density at radius 1 is 0.968 bits per heavy atom. The van der Waals surface area contributed by atoms with Crippen LogP contribution in [0.4, 0.5) is 0 Å². The lowest BCUT2D eigenvalue weighted by molar-refractivity contribution is -0.140. The SMILES string of the molecule is COc1ccc(C(O)=C2C(=O)C(=O)N(CCCCCC(=O)O)[C@H]2c2ccccc2)cc1. The smallest absolute Gasteiger partial charge is 0.303 e. The van der Waals surface area contributed by atoms with Gasteiger partial charge in [-0.1, -0.05) is 36.8 Å². The van der Waals surface area contributed by atoms with Gasteiger partial charge in [0.15, 0.2) is 0 Å². The fourth-order valence-electron chi connectivity index (χ4n) is 3.73. The minimum absolute atomic E-state index is 0.0481. The van der Waals surface area contributed by atoms with Crippen molar-refractivity contribution in [3.8, 4) is 5.75 Å². The second-order valence-corrected chi connectivity index (χ2v) is 7.34. The Bertz CT molecular complexity index is 981. The first-order valence-corrected chi connectivity index (χ1v) is 10.1. The Balaban J connectivity index is 1.94. The summed E-state index contributed by atoms with van der Waals surface area (Å²) < 4.78 is 5.14. The zero-order valence-electron chi connectivity index (χ0n) is 17.3. The molecule has 162 valence electrons. The Morgan fingerprint density at radius 2 is 1.65 bits per heavy atom. The maximum Gasteiger partial charge on any atom is 0.303 e. The van der Waals surface area contributed by atoms with E-state index in [4.69, 9.17) is 9.84 Å². The van der Waals surface area contributed by atoms with Crippen molar-refractivity contribution in [1.82, 2.24) is 4.90 Å². The average Bonchev–Trinajstić information content (AvgIpc) is 3.03. The van der Waals surface area contributed by atoms with Gasteiger partial charge < -0.3 is 19.8 Å². The summed E-state index contributed by atoms with van der Waals surface area (Å²) in [5.41, 5.74) is 1.19. The van der Waals surface area contributed by atoms with Gasteiger partial charge in [0, 0.05) is 18.5 Å². The summed E-state index contributed by atoms with van der Waals surface area (Å²) >= 11 is 0. The van der Waals surface area contributed by atoms with Crippen LogP contribution in [-0.2, 0) is 14.4 Å². The third-order valence-electron chi connectivity index (χ3n) is 5.31. The Kier molecular flexibility index (Phi) is 7.07. The summed E-state index contributed by atoms with van der Waals surface area (Å²) in [7, 11) is 1.53. The molecule has 1 atom stereocenters. The first kappa shape index (κ1) is 22.1. The number of hydrogen-bond donors (Lipinski definition) is 2. The van der Waals surface area contributed by atoms with Gasteiger partial charge >= 0.3 is 5.97 Å². The monoisotopic (exact) mass is 423 g/mol. The standard InChI is InChI=1S/C24H25NO6/c1-31-18-13-11-17(12-14-18)22(28)20-21(16-8-4-2-5-9-16)25(24(30)23(20)29)15-7-3-6-10-19(26)27/h2,4-5,8-9,11-14,21,28H,3,6-7,10,15H2,1H3,(H,26,27)/t21-/m0/s1. The normalized spacial score (nSPS) is 17.7. The number of amides is 1. The molecule has 0 radical (unpaired) electrons. The van der Waals surface area contributed by atoms with Gasteiger partial charge in [0.05, 0.1) is 18.7 Å². The highest BCUT2D eigenvalue weighted by atomic mass is 16.5. The van der Waals surface area contributed by atoms with Crippen molar-refractivity contribution < 1.29 is 29.3 Å². The molecule has 0 spiro atoms. The number of carbonyl (C=O) groups excluding carboxylic acids is 2. The lowest BCUT2D eigenvalue weighted by Gasteiger charge is -2.25. The molecule has 2 N–H and O–H groups in total. The highest BCUT2D eigenvalue weighted by molar-refractivity contribution is 6.46. The van der Waals surface area contributed by atoms with E-state index in [0.717, 1.165) is 5.56 Å². The van der Waals surface area contributed by atoms with Crippen molar-refractivity contribution in [1.29, 1.82) is 0 Å². The van der Waals surface area contributed by atoms with E-state index >= 15 is 0 Å². The number of aliphatic hydroxyl groups is 1. The van der Waals surface area contributed by atoms with Gasteiger partial charge in [-0.05, 0) is 42.7 Å². The Morgan fingerprint density at radius 3 is 2.26 bits per heavy atom. The van der Waals surface area contributed by atoms with Crippen LogP contribution >= 0.6 is 0 Å². The molecule has 0 aliphatic carbocycles. The largest absolute Gasteiger partial charge is 0.507 e. The number of methoxy groups -OCH3 is 1. The molecule has 1 amide bonds. The lowest BCUT2D eigenvalue weighted by atomic mass is 9.95. The average molecular weight is 423 g/mol. The van der Waals surface area contributed by atoms with E-state index in [1.54, 1.807) is 24.3 Å². The molecule has 1 heterocycles. The predicted molar refractivity (Wildman–Crippen MR) is 115 cm³/mol. The van der Waals surface area contributed by atoms with Crippen LogP contribution in [-0.4, -0.2) is 46.4 Å². The number of carboxylic acid groups (broad SMARTS) is 1. The van der Waals surface area contributed by atoms with Crippen molar-refractivity contribution in [3.63, 3.8) is 0 Å². The van der Waals surface area contributed by atoms with E-state index in [9.17, 15) is 19.5 Å². The fraction of sp³-hybridized carbons (Fsp3) is 0.292. The van der Waals surface area contributed by atoms with Gasteiger partial charge in [-0.25, -0.2) is 0 Å². The quantitative estimate of drug-likeness (QED) is 0.275. The molecule has 1 aliphatic rings. The van der Waals surface area contributed by atoms with Crippen molar-refractivity contribution in [2.75, 3.05) is 13.7 Å². The predicted octanol–water partition coefficient (Wildman–Crippen LogP) is 3.76. The van der Waals surface area contributed by atoms with Gasteiger partial charge in [0.25, 0.3) is 11.7 Å². The van der Waals surface area contributed by atoms with Crippen LogP contribution in [0.5, 0.6) is 5.75 Å². The van der Waals surface area contributed by atoms with Crippen LogP contribution < -0.4 is 4.74 Å². The zero-order chi connectivity index (χ0) is 22.4. The highest BCUT2D eigenvalue weighted by Gasteiger charge is 2.45. The van der Waals surface area contributed by atoms with Gasteiger partial charge in [-0.3, -0.25) is 14.4 Å². The van der Waals surface area contributed by atoms with E-state index in [0.29, 0.717) is 37.1 Å². The molecular formula is C24H25NO6. The molecule has 0 bridgehead atoms. The molecule has 0 unspecified atom stereocenters. The second kappa shape index (κ2) is 9.93. The summed E-state index contributed by atoms with van der Waals surface area (Å²) in [5.74, 6) is -1.87. The summed E-state index contributed by atoms with van der Waals surface area (Å²) in [4.78, 5) is 37.9. The van der Waals surface area contributed by atoms with Crippen LogP contribution in [0.25, 0.3) is 5.76 Å². The molecular weight excluding hydrogens is 398 g/mol. The maximum atomic E-state index is 12.9. The van der Waals surface area contributed by atoms with Crippen LogP contribution in [0.1, 0.15) is 42.9 Å². The van der Waals surface area contributed by atoms with Crippen LogP contribution in [0.2, 0.25) is 0 Å². The number of ether oxygens (including phenoxy) is 1. The van der Waals surface area contributed by atoms with Crippen molar-refractivity contribution in [2.45, 2.75) is 31.7 Å². The van der Waals surface area contributed by atoms with E-state index in [-0.39, 0.29) is 17.8 Å². The second-order valence-electron chi connectivity index (χ2n) is 7.34. The molecule has 2 aromatic rings. The number of Topliss-reactive ketones (excluding diaryl/α,β-unsaturated/α-hetero) is 1. The highest BCUT2D eigenvalue weighted by Crippen LogP contribution is 2.39. The number of aliphatic carboxylic acids is 1. The Hall–Kier alpha value is -3.61. The van der Waals surface area contributed by atoms with E-state index in [1.807, 2.05) is 30.3 Å². The first-order chi connectivity index (χ1) is 14.9. The topological polar surface area (TPSA) is 104 Å². The minimum Gasteiger partial charge on any atom is -0.507 e. The number of aliphatic hydroxyl groups excluding tert-OH is 1. The molecule has 1 saturated heterocycles. The molecule has 7 nitrogen and oxygen atoms in total. The number of nitrogens with zero attached hydrogens (tertiary/aromatic N) is 1. The summed E-state index contributed by atoms with van der Waals surface area (Å²) in [6.07, 6.45) is 1.75. The zero-order valence-corrected chi connectivity index (χ0v) is 17.3. The number of likely N-dealkylation sites (tertiary alicyclic amines) is 1. The molecule has 0 saturated carbocycles. The first-order valence-electron chi connectivity index (χ1n) is 10.1. The maximum absolute atomic E-state index is 12.9. The van der Waals surface area contributed by atoms with E-state index in [1.165, 1.54) is 12.0 Å². The van der Waals surface area contributed by atoms with Gasteiger partial charge in [0.1, 0.15) is 11.5 Å². The van der Waals surface area contributed by atoms with Gasteiger partial charge in [0.2, 0.25) is 0 Å². The number of unbranched alkanes of at least 4 members (excludes halogenated alkanes) is 2. The lowest BCUT2D eigenvalue weighted by Crippen LogP contribution is -2.30. The molecule has 1 aliphatic heterocycles. The summed E-state index contributed by atoms with van der Waals surface area (Å²) in [5, 5.41) is 19.7. The van der Waals surface area contributed by atoms with Crippen LogP contribution in [0.15, 0.2) is 60.2 Å². The van der Waals surface area contributed by atoms with E-state index < -0.39 is 23.7 Å². The van der Waals surface area contributed by atoms with Crippen LogP contribution in [0.3, 0.4) is 0 Å². The number of carboxylic acids is 1. The minimum atomic E-state index is -0.857.